The van der Waals surface area contributed by atoms with Crippen LogP contribution >= 0.6 is 0 Å². The van der Waals surface area contributed by atoms with E-state index in [1.165, 1.54) is 0 Å². The Balaban J connectivity index is 2.68. The van der Waals surface area contributed by atoms with Crippen LogP contribution in [-0.4, -0.2) is 16.5 Å². The van der Waals surface area contributed by atoms with E-state index < -0.39 is 0 Å². The van der Waals surface area contributed by atoms with Crippen molar-refractivity contribution < 1.29 is 4.79 Å². The van der Waals surface area contributed by atoms with Crippen molar-refractivity contribution in [3.8, 4) is 12.3 Å². The van der Waals surface area contributed by atoms with Crippen molar-refractivity contribution >= 4 is 5.91 Å². The predicted octanol–water partition coefficient (Wildman–Crippen LogP) is 2.04. The molecule has 0 aliphatic carbocycles. The van der Waals surface area contributed by atoms with Gasteiger partial charge in [0.1, 0.15) is 5.69 Å². The number of aromatic nitrogens is 1. The molecule has 1 heterocycles. The smallest absolute Gasteiger partial charge is 0.268 e. The first-order chi connectivity index (χ1) is 7.72. The van der Waals surface area contributed by atoms with Crippen LogP contribution in [0, 0.1) is 12.3 Å². The zero-order valence-corrected chi connectivity index (χ0v) is 9.86. The van der Waals surface area contributed by atoms with Gasteiger partial charge in [0.25, 0.3) is 5.91 Å². The van der Waals surface area contributed by atoms with Crippen LogP contribution in [0.1, 0.15) is 37.2 Å². The monoisotopic (exact) mass is 218 g/mol. The fraction of sp³-hybridized carbons (Fsp3) is 0.462. The maximum Gasteiger partial charge on any atom is 0.268 e. The summed E-state index contributed by atoms with van der Waals surface area (Å²) in [5.74, 6) is 2.53. The minimum Gasteiger partial charge on any atom is -0.347 e. The second kappa shape index (κ2) is 6.02. The van der Waals surface area contributed by atoms with Gasteiger partial charge in [-0.3, -0.25) is 4.79 Å². The van der Waals surface area contributed by atoms with Crippen molar-refractivity contribution in [1.29, 1.82) is 0 Å². The highest BCUT2D eigenvalue weighted by molar-refractivity contribution is 5.92. The topological polar surface area (TPSA) is 34.0 Å². The summed E-state index contributed by atoms with van der Waals surface area (Å²) in [6.45, 7) is 4.82. The third-order valence-corrected chi connectivity index (χ3v) is 2.60. The second-order valence-corrected chi connectivity index (χ2v) is 3.67. The number of hydrogen-bond acceptors (Lipinski definition) is 1. The molecule has 0 saturated carbocycles. The zero-order valence-electron chi connectivity index (χ0n) is 9.86. The van der Waals surface area contributed by atoms with Crippen LogP contribution in [-0.2, 0) is 6.54 Å². The average Bonchev–Trinajstić information content (AvgIpc) is 2.76. The molecule has 1 amide bonds. The molecular formula is C13H18N2O. The summed E-state index contributed by atoms with van der Waals surface area (Å²) < 4.78 is 1.91. The molecule has 1 aromatic rings. The fourth-order valence-electron chi connectivity index (χ4n) is 1.60. The van der Waals surface area contributed by atoms with Gasteiger partial charge < -0.3 is 9.88 Å². The van der Waals surface area contributed by atoms with Crippen molar-refractivity contribution in [3.63, 3.8) is 0 Å². The SMILES string of the molecule is C#CCC(CC)NC(=O)c1cccn1CC. The Hall–Kier alpha value is -1.69. The molecule has 0 aliphatic rings. The van der Waals surface area contributed by atoms with Crippen molar-refractivity contribution in [2.24, 2.45) is 0 Å². The van der Waals surface area contributed by atoms with Gasteiger partial charge in [-0.1, -0.05) is 6.92 Å². The quantitative estimate of drug-likeness (QED) is 0.754. The van der Waals surface area contributed by atoms with Crippen LogP contribution in [0.4, 0.5) is 0 Å². The van der Waals surface area contributed by atoms with Crippen LogP contribution in [0.15, 0.2) is 18.3 Å². The lowest BCUT2D eigenvalue weighted by Crippen LogP contribution is -2.35. The van der Waals surface area contributed by atoms with Gasteiger partial charge in [0.15, 0.2) is 0 Å². The zero-order chi connectivity index (χ0) is 12.0. The summed E-state index contributed by atoms with van der Waals surface area (Å²) >= 11 is 0. The molecule has 0 saturated heterocycles. The first-order valence-corrected chi connectivity index (χ1v) is 5.62. The first kappa shape index (κ1) is 12.4. The molecule has 0 bridgehead atoms. The van der Waals surface area contributed by atoms with Crippen molar-refractivity contribution in [2.45, 2.75) is 39.3 Å². The molecule has 0 aromatic carbocycles. The Morgan fingerprint density at radius 3 is 2.94 bits per heavy atom. The van der Waals surface area contributed by atoms with E-state index in [1.54, 1.807) is 0 Å². The van der Waals surface area contributed by atoms with Gasteiger partial charge in [-0.05, 0) is 25.5 Å². The van der Waals surface area contributed by atoms with E-state index in [0.29, 0.717) is 12.1 Å². The Kier molecular flexibility index (Phi) is 4.65. The second-order valence-electron chi connectivity index (χ2n) is 3.67. The Morgan fingerprint density at radius 2 is 2.38 bits per heavy atom. The molecule has 0 aliphatic heterocycles. The Labute approximate surface area is 96.8 Å². The summed E-state index contributed by atoms with van der Waals surface area (Å²) in [5, 5.41) is 2.94. The molecule has 1 N–H and O–H groups in total. The van der Waals surface area contributed by atoms with E-state index in [9.17, 15) is 4.79 Å². The van der Waals surface area contributed by atoms with Crippen LogP contribution < -0.4 is 5.32 Å². The van der Waals surface area contributed by atoms with Crippen molar-refractivity contribution in [1.82, 2.24) is 9.88 Å². The number of hydrogen-bond donors (Lipinski definition) is 1. The highest BCUT2D eigenvalue weighted by Crippen LogP contribution is 2.04. The van der Waals surface area contributed by atoms with E-state index >= 15 is 0 Å². The number of nitrogens with zero attached hydrogens (tertiary/aromatic N) is 1. The average molecular weight is 218 g/mol. The van der Waals surface area contributed by atoms with Gasteiger partial charge in [-0.15, -0.1) is 12.3 Å². The Morgan fingerprint density at radius 1 is 1.62 bits per heavy atom. The predicted molar refractivity (Wildman–Crippen MR) is 65.1 cm³/mol. The molecule has 1 rings (SSSR count). The molecule has 86 valence electrons. The van der Waals surface area contributed by atoms with Gasteiger partial charge in [-0.25, -0.2) is 0 Å². The molecule has 0 spiro atoms. The number of carbonyl (C=O) groups is 1. The van der Waals surface area contributed by atoms with Crippen molar-refractivity contribution in [2.75, 3.05) is 0 Å². The number of aryl methyl sites for hydroxylation is 1. The van der Waals surface area contributed by atoms with Crippen LogP contribution in [0.2, 0.25) is 0 Å². The standard InChI is InChI=1S/C13H18N2O/c1-4-8-11(5-2)14-13(16)12-9-7-10-15(12)6-3/h1,7,9-11H,5-6,8H2,2-3H3,(H,14,16). The summed E-state index contributed by atoms with van der Waals surface area (Å²) in [7, 11) is 0. The minimum atomic E-state index is -0.0473. The van der Waals surface area contributed by atoms with E-state index in [1.807, 2.05) is 36.7 Å². The Bertz CT molecular complexity index is 387. The maximum absolute atomic E-state index is 11.9. The molecule has 16 heavy (non-hydrogen) atoms. The molecule has 0 radical (unpaired) electrons. The lowest BCUT2D eigenvalue weighted by atomic mass is 10.1. The van der Waals surface area contributed by atoms with Gasteiger partial charge in [0.2, 0.25) is 0 Å². The number of carbonyl (C=O) groups excluding carboxylic acids is 1. The van der Waals surface area contributed by atoms with Gasteiger partial charge in [-0.2, -0.15) is 0 Å². The molecule has 3 heteroatoms. The van der Waals surface area contributed by atoms with Crippen molar-refractivity contribution in [3.05, 3.63) is 24.0 Å². The fourth-order valence-corrected chi connectivity index (χ4v) is 1.60. The lowest BCUT2D eigenvalue weighted by Gasteiger charge is -2.15. The largest absolute Gasteiger partial charge is 0.347 e. The number of amides is 1. The molecular weight excluding hydrogens is 200 g/mol. The number of terminal acetylenes is 1. The maximum atomic E-state index is 11.9. The van der Waals surface area contributed by atoms with Gasteiger partial charge >= 0.3 is 0 Å². The third-order valence-electron chi connectivity index (χ3n) is 2.60. The first-order valence-electron chi connectivity index (χ1n) is 5.62. The molecule has 3 nitrogen and oxygen atoms in total. The van der Waals surface area contributed by atoms with E-state index in [0.717, 1.165) is 13.0 Å². The molecule has 1 unspecified atom stereocenters. The lowest BCUT2D eigenvalue weighted by molar-refractivity contribution is 0.0927. The third kappa shape index (κ3) is 2.90. The summed E-state index contributed by atoms with van der Waals surface area (Å²) in [5.41, 5.74) is 0.693. The molecule has 0 fully saturated rings. The van der Waals surface area contributed by atoms with E-state index in [2.05, 4.69) is 11.2 Å². The van der Waals surface area contributed by atoms with Crippen LogP contribution in [0.25, 0.3) is 0 Å². The van der Waals surface area contributed by atoms with E-state index in [4.69, 9.17) is 6.42 Å². The number of nitrogens with one attached hydrogen (secondary N) is 1. The normalized spacial score (nSPS) is 11.8. The van der Waals surface area contributed by atoms with Gasteiger partial charge in [0, 0.05) is 25.2 Å². The summed E-state index contributed by atoms with van der Waals surface area (Å²) in [6, 6.07) is 3.76. The highest BCUT2D eigenvalue weighted by atomic mass is 16.2. The van der Waals surface area contributed by atoms with E-state index in [-0.39, 0.29) is 11.9 Å². The highest BCUT2D eigenvalue weighted by Gasteiger charge is 2.13. The minimum absolute atomic E-state index is 0.0473. The van der Waals surface area contributed by atoms with Crippen LogP contribution in [0.5, 0.6) is 0 Å². The van der Waals surface area contributed by atoms with Gasteiger partial charge in [0.05, 0.1) is 0 Å². The summed E-state index contributed by atoms with van der Waals surface area (Å²) in [6.07, 6.45) is 8.58. The molecule has 1 atom stereocenters. The number of rotatable bonds is 5. The molecule has 1 aromatic heterocycles. The van der Waals surface area contributed by atoms with Crippen LogP contribution in [0.3, 0.4) is 0 Å². The summed E-state index contributed by atoms with van der Waals surface area (Å²) in [4.78, 5) is 11.9.